The molecule has 0 bridgehead atoms. The minimum atomic E-state index is -0.490. The number of nitro groups is 1. The van der Waals surface area contributed by atoms with Gasteiger partial charge in [-0.1, -0.05) is 43.5 Å². The Kier molecular flexibility index (Phi) is 8.38. The molecule has 0 radical (unpaired) electrons. The van der Waals surface area contributed by atoms with E-state index < -0.39 is 4.92 Å². The first-order valence-corrected chi connectivity index (χ1v) is 11.0. The number of hydrogen-bond donors (Lipinski definition) is 2. The van der Waals surface area contributed by atoms with Crippen molar-refractivity contribution in [2.45, 2.75) is 51.7 Å². The van der Waals surface area contributed by atoms with E-state index in [1.54, 1.807) is 6.07 Å². The van der Waals surface area contributed by atoms with Crippen LogP contribution in [0.4, 0.5) is 5.69 Å². The number of aryl methyl sites for hydroxylation is 1. The summed E-state index contributed by atoms with van der Waals surface area (Å²) >= 11 is 5.29. The molecule has 0 amide bonds. The Morgan fingerprint density at radius 3 is 2.72 bits per heavy atom. The number of nitrogens with one attached hydrogen (secondary N) is 2. The monoisotopic (exact) mass is 456 g/mol. The number of hydrazone groups is 1. The van der Waals surface area contributed by atoms with E-state index in [1.165, 1.54) is 38.7 Å². The van der Waals surface area contributed by atoms with E-state index >= 15 is 0 Å². The number of ether oxygens (including phenoxy) is 2. The van der Waals surface area contributed by atoms with Crippen LogP contribution in [-0.4, -0.2) is 29.4 Å². The number of nitrogens with zero attached hydrogens (tertiary/aromatic N) is 2. The zero-order valence-electron chi connectivity index (χ0n) is 18.3. The van der Waals surface area contributed by atoms with Gasteiger partial charge in [0.2, 0.25) is 5.75 Å². The fraction of sp³-hybridized carbons (Fsp3) is 0.391. The van der Waals surface area contributed by atoms with Gasteiger partial charge in [0.15, 0.2) is 10.9 Å². The van der Waals surface area contributed by atoms with Crippen molar-refractivity contribution in [3.63, 3.8) is 0 Å². The predicted molar refractivity (Wildman–Crippen MR) is 128 cm³/mol. The molecule has 3 rings (SSSR count). The molecule has 0 unspecified atom stereocenters. The number of hydrogen-bond acceptors (Lipinski definition) is 6. The quantitative estimate of drug-likeness (QED) is 0.259. The van der Waals surface area contributed by atoms with Gasteiger partial charge in [-0.05, 0) is 49.2 Å². The molecule has 32 heavy (non-hydrogen) atoms. The smallest absolute Gasteiger partial charge is 0.315 e. The highest BCUT2D eigenvalue weighted by Gasteiger charge is 2.22. The van der Waals surface area contributed by atoms with E-state index in [4.69, 9.17) is 21.7 Å². The molecule has 1 saturated carbocycles. The first-order valence-electron chi connectivity index (χ1n) is 10.6. The Morgan fingerprint density at radius 2 is 2.03 bits per heavy atom. The van der Waals surface area contributed by atoms with E-state index in [1.807, 2.05) is 31.2 Å². The minimum absolute atomic E-state index is 0.0837. The van der Waals surface area contributed by atoms with Gasteiger partial charge in [-0.25, -0.2) is 0 Å². The number of rotatable bonds is 8. The van der Waals surface area contributed by atoms with Crippen LogP contribution in [0, 0.1) is 17.0 Å². The maximum Gasteiger partial charge on any atom is 0.315 e. The average molecular weight is 457 g/mol. The van der Waals surface area contributed by atoms with Crippen LogP contribution in [-0.2, 0) is 6.61 Å². The first kappa shape index (κ1) is 23.5. The molecule has 2 aromatic carbocycles. The second-order valence-corrected chi connectivity index (χ2v) is 8.13. The topological polar surface area (TPSA) is 98.0 Å². The second kappa shape index (κ2) is 11.4. The summed E-state index contributed by atoms with van der Waals surface area (Å²) in [5.74, 6) is 0.345. The Hall–Kier alpha value is -3.20. The Morgan fingerprint density at radius 1 is 1.28 bits per heavy atom. The van der Waals surface area contributed by atoms with Gasteiger partial charge in [-0.3, -0.25) is 15.5 Å². The summed E-state index contributed by atoms with van der Waals surface area (Å²) < 4.78 is 11.2. The lowest BCUT2D eigenvalue weighted by Crippen LogP contribution is -2.40. The van der Waals surface area contributed by atoms with Crippen LogP contribution in [0.15, 0.2) is 41.5 Å². The molecule has 170 valence electrons. The van der Waals surface area contributed by atoms with Crippen molar-refractivity contribution in [3.05, 3.63) is 63.2 Å². The van der Waals surface area contributed by atoms with Crippen LogP contribution in [0.25, 0.3) is 0 Å². The lowest BCUT2D eigenvalue weighted by molar-refractivity contribution is -0.386. The molecule has 1 aliphatic carbocycles. The molecule has 1 fully saturated rings. The largest absolute Gasteiger partial charge is 0.493 e. The molecule has 8 nitrogen and oxygen atoms in total. The summed E-state index contributed by atoms with van der Waals surface area (Å²) in [6.45, 7) is 2.16. The van der Waals surface area contributed by atoms with Crippen molar-refractivity contribution >= 4 is 29.2 Å². The van der Waals surface area contributed by atoms with Gasteiger partial charge >= 0.3 is 5.69 Å². The van der Waals surface area contributed by atoms with Crippen LogP contribution in [0.1, 0.15) is 48.8 Å². The molecule has 2 N–H and O–H groups in total. The van der Waals surface area contributed by atoms with Crippen molar-refractivity contribution in [1.82, 2.24) is 10.7 Å². The lowest BCUT2D eigenvalue weighted by Gasteiger charge is -2.23. The van der Waals surface area contributed by atoms with Gasteiger partial charge in [-0.15, -0.1) is 0 Å². The van der Waals surface area contributed by atoms with E-state index in [9.17, 15) is 10.1 Å². The van der Waals surface area contributed by atoms with E-state index in [0.29, 0.717) is 16.7 Å². The summed E-state index contributed by atoms with van der Waals surface area (Å²) in [7, 11) is 1.45. The van der Waals surface area contributed by atoms with Crippen molar-refractivity contribution in [2.75, 3.05) is 7.11 Å². The van der Waals surface area contributed by atoms with Gasteiger partial charge in [0.1, 0.15) is 6.61 Å². The van der Waals surface area contributed by atoms with Crippen LogP contribution >= 0.6 is 12.2 Å². The molecular weight excluding hydrogens is 428 g/mol. The third-order valence-corrected chi connectivity index (χ3v) is 5.64. The molecule has 0 atom stereocenters. The standard InChI is InChI=1S/C23H28N4O4S/c1-16-8-6-7-9-18(16)15-31-22-20(27(28)29)12-17(13-21(22)30-2)14-24-26-23(32)25-19-10-4-3-5-11-19/h6-9,12-14,19H,3-5,10-11,15H2,1-2H3,(H2,25,26,32)/b24-14-. The number of methoxy groups -OCH3 is 1. The molecule has 0 heterocycles. The number of nitro benzene ring substituents is 1. The zero-order valence-corrected chi connectivity index (χ0v) is 19.1. The summed E-state index contributed by atoms with van der Waals surface area (Å²) in [4.78, 5) is 11.2. The molecule has 0 spiro atoms. The Bertz CT molecular complexity index is 990. The van der Waals surface area contributed by atoms with Gasteiger partial charge in [-0.2, -0.15) is 5.10 Å². The molecule has 2 aromatic rings. The summed E-state index contributed by atoms with van der Waals surface area (Å²) in [6.07, 6.45) is 7.33. The zero-order chi connectivity index (χ0) is 22.9. The third-order valence-electron chi connectivity index (χ3n) is 5.43. The average Bonchev–Trinajstić information content (AvgIpc) is 2.79. The van der Waals surface area contributed by atoms with Crippen molar-refractivity contribution in [1.29, 1.82) is 0 Å². The highest BCUT2D eigenvalue weighted by molar-refractivity contribution is 7.80. The minimum Gasteiger partial charge on any atom is -0.493 e. The Balaban J connectivity index is 1.71. The van der Waals surface area contributed by atoms with Crippen molar-refractivity contribution in [3.8, 4) is 11.5 Å². The molecular formula is C23H28N4O4S. The van der Waals surface area contributed by atoms with E-state index in [2.05, 4.69) is 15.8 Å². The maximum atomic E-state index is 11.7. The maximum absolute atomic E-state index is 11.7. The van der Waals surface area contributed by atoms with Gasteiger partial charge in [0, 0.05) is 17.7 Å². The Labute approximate surface area is 193 Å². The summed E-state index contributed by atoms with van der Waals surface area (Å²) in [6, 6.07) is 11.1. The third kappa shape index (κ3) is 6.40. The van der Waals surface area contributed by atoms with Crippen molar-refractivity contribution in [2.24, 2.45) is 5.10 Å². The van der Waals surface area contributed by atoms with Gasteiger partial charge in [0.05, 0.1) is 18.2 Å². The van der Waals surface area contributed by atoms with E-state index in [0.717, 1.165) is 24.0 Å². The molecule has 1 aliphatic rings. The highest BCUT2D eigenvalue weighted by atomic mass is 32.1. The number of benzene rings is 2. The van der Waals surface area contributed by atoms with E-state index in [-0.39, 0.29) is 23.8 Å². The summed E-state index contributed by atoms with van der Waals surface area (Å²) in [5, 5.41) is 19.5. The molecule has 0 saturated heterocycles. The fourth-order valence-corrected chi connectivity index (χ4v) is 3.89. The molecule has 0 aliphatic heterocycles. The predicted octanol–water partition coefficient (Wildman–Crippen LogP) is 4.62. The van der Waals surface area contributed by atoms with Crippen LogP contribution in [0.3, 0.4) is 0 Å². The van der Waals surface area contributed by atoms with Crippen LogP contribution in [0.5, 0.6) is 11.5 Å². The normalized spacial score (nSPS) is 14.2. The van der Waals surface area contributed by atoms with Crippen LogP contribution in [0.2, 0.25) is 0 Å². The molecule has 0 aromatic heterocycles. The van der Waals surface area contributed by atoms with Crippen molar-refractivity contribution < 1.29 is 14.4 Å². The second-order valence-electron chi connectivity index (χ2n) is 7.72. The first-order chi connectivity index (χ1) is 15.5. The van der Waals surface area contributed by atoms with Gasteiger partial charge < -0.3 is 14.8 Å². The highest BCUT2D eigenvalue weighted by Crippen LogP contribution is 2.38. The summed E-state index contributed by atoms with van der Waals surface area (Å²) in [5.41, 5.74) is 5.06. The van der Waals surface area contributed by atoms with Crippen LogP contribution < -0.4 is 20.2 Å². The molecule has 9 heteroatoms. The van der Waals surface area contributed by atoms with Gasteiger partial charge in [0.25, 0.3) is 0 Å². The lowest BCUT2D eigenvalue weighted by atomic mass is 9.96. The SMILES string of the molecule is COc1cc(/C=N\NC(=S)NC2CCCCC2)cc([N+](=O)[O-])c1OCc1ccccc1C. The number of thiocarbonyl (C=S) groups is 1. The fourth-order valence-electron chi connectivity index (χ4n) is 3.67.